The van der Waals surface area contributed by atoms with Crippen LogP contribution in [0.2, 0.25) is 0 Å². The number of esters is 3. The Balaban J connectivity index is 4.41. The van der Waals surface area contributed by atoms with E-state index < -0.39 is 6.10 Å². The molecule has 0 spiro atoms. The molecule has 1 atom stereocenters. The fourth-order valence-corrected chi connectivity index (χ4v) is 6.95. The van der Waals surface area contributed by atoms with Crippen molar-refractivity contribution >= 4 is 17.9 Å². The smallest absolute Gasteiger partial charge is 0.306 e. The number of ether oxygens (including phenoxy) is 3. The molecular formula is C55H94O6. The third-order valence-electron chi connectivity index (χ3n) is 10.7. The van der Waals surface area contributed by atoms with Gasteiger partial charge in [0, 0.05) is 19.3 Å². The third kappa shape index (κ3) is 47.7. The quantitative estimate of drug-likeness (QED) is 0.0263. The summed E-state index contributed by atoms with van der Waals surface area (Å²) >= 11 is 0. The molecule has 1 unspecified atom stereocenters. The van der Waals surface area contributed by atoms with Gasteiger partial charge in [0.05, 0.1) is 0 Å². The Labute approximate surface area is 376 Å². The molecule has 350 valence electrons. The van der Waals surface area contributed by atoms with E-state index >= 15 is 0 Å². The van der Waals surface area contributed by atoms with Gasteiger partial charge in [-0.25, -0.2) is 0 Å². The van der Waals surface area contributed by atoms with Gasteiger partial charge in [0.2, 0.25) is 0 Å². The van der Waals surface area contributed by atoms with Crippen molar-refractivity contribution in [2.24, 2.45) is 0 Å². The predicted molar refractivity (Wildman–Crippen MR) is 261 cm³/mol. The molecule has 0 bridgehead atoms. The normalized spacial score (nSPS) is 12.6. The fourth-order valence-electron chi connectivity index (χ4n) is 6.95. The second-order valence-electron chi connectivity index (χ2n) is 16.7. The van der Waals surface area contributed by atoms with Crippen LogP contribution in [0.4, 0.5) is 0 Å². The second kappa shape index (κ2) is 49.5. The molecule has 0 saturated carbocycles. The summed E-state index contributed by atoms with van der Waals surface area (Å²) < 4.78 is 16.7. The average molecular weight is 851 g/mol. The summed E-state index contributed by atoms with van der Waals surface area (Å²) in [6.45, 7) is 6.36. The molecule has 0 saturated heterocycles. The van der Waals surface area contributed by atoms with Crippen LogP contribution in [0, 0.1) is 0 Å². The zero-order chi connectivity index (χ0) is 44.4. The molecule has 0 aliphatic heterocycles. The minimum atomic E-state index is -0.798. The number of hydrogen-bond donors (Lipinski definition) is 0. The van der Waals surface area contributed by atoms with E-state index in [9.17, 15) is 14.4 Å². The standard InChI is InChI=1S/C55H94O6/c1-4-7-10-13-16-19-22-24-26-28-30-33-36-39-42-45-48-54(57)60-51-52(50-59-53(56)47-44-41-38-35-32-21-18-15-12-9-6-3)61-55(58)49-46-43-40-37-34-31-29-27-25-23-20-17-14-11-8-5-2/h7,9-10,12,16,18-19,21,24,26,35,38,52H,4-6,8,11,13-15,17,20,22-23,25,27-34,36-37,39-51H2,1-3H3/b10-7-,12-9-,19-16-,21-18-,26-24-,38-35-. The summed E-state index contributed by atoms with van der Waals surface area (Å²) in [4.78, 5) is 37.9. The maximum atomic E-state index is 12.8. The van der Waals surface area contributed by atoms with Gasteiger partial charge in [-0.2, -0.15) is 0 Å². The van der Waals surface area contributed by atoms with Crippen LogP contribution in [-0.4, -0.2) is 37.2 Å². The second-order valence-corrected chi connectivity index (χ2v) is 16.7. The van der Waals surface area contributed by atoms with Gasteiger partial charge in [-0.15, -0.1) is 0 Å². The highest BCUT2D eigenvalue weighted by Crippen LogP contribution is 2.15. The zero-order valence-corrected chi connectivity index (χ0v) is 39.9. The lowest BCUT2D eigenvalue weighted by molar-refractivity contribution is -0.167. The molecule has 0 rings (SSSR count). The number of carbonyl (C=O) groups is 3. The molecule has 0 aliphatic rings. The maximum absolute atomic E-state index is 12.8. The Morgan fingerprint density at radius 2 is 0.656 bits per heavy atom. The Bertz CT molecular complexity index is 1160. The van der Waals surface area contributed by atoms with Crippen LogP contribution in [0.5, 0.6) is 0 Å². The van der Waals surface area contributed by atoms with E-state index in [0.29, 0.717) is 19.3 Å². The highest BCUT2D eigenvalue weighted by molar-refractivity contribution is 5.71. The highest BCUT2D eigenvalue weighted by Gasteiger charge is 2.19. The molecule has 0 radical (unpaired) electrons. The molecule has 0 aromatic heterocycles. The first-order chi connectivity index (χ1) is 30.0. The van der Waals surface area contributed by atoms with E-state index in [4.69, 9.17) is 14.2 Å². The van der Waals surface area contributed by atoms with Gasteiger partial charge in [-0.1, -0.05) is 216 Å². The Morgan fingerprint density at radius 1 is 0.344 bits per heavy atom. The molecule has 0 amide bonds. The number of carbonyl (C=O) groups excluding carboxylic acids is 3. The monoisotopic (exact) mass is 851 g/mol. The molecular weight excluding hydrogens is 757 g/mol. The van der Waals surface area contributed by atoms with E-state index in [2.05, 4.69) is 93.7 Å². The van der Waals surface area contributed by atoms with E-state index in [1.165, 1.54) is 103 Å². The topological polar surface area (TPSA) is 78.9 Å². The Kier molecular flexibility index (Phi) is 46.9. The molecule has 6 nitrogen and oxygen atoms in total. The molecule has 0 aromatic carbocycles. The highest BCUT2D eigenvalue weighted by atomic mass is 16.6. The molecule has 0 fully saturated rings. The van der Waals surface area contributed by atoms with Crippen LogP contribution >= 0.6 is 0 Å². The lowest BCUT2D eigenvalue weighted by Gasteiger charge is -2.18. The molecule has 61 heavy (non-hydrogen) atoms. The summed E-state index contributed by atoms with van der Waals surface area (Å²) in [6, 6.07) is 0. The first kappa shape index (κ1) is 57.9. The minimum Gasteiger partial charge on any atom is -0.462 e. The molecule has 6 heteroatoms. The van der Waals surface area contributed by atoms with Crippen molar-refractivity contribution in [3.8, 4) is 0 Å². The van der Waals surface area contributed by atoms with Gasteiger partial charge in [-0.05, 0) is 77.0 Å². The van der Waals surface area contributed by atoms with Crippen LogP contribution in [0.3, 0.4) is 0 Å². The summed E-state index contributed by atoms with van der Waals surface area (Å²) in [5.74, 6) is -0.962. The van der Waals surface area contributed by atoms with Crippen molar-refractivity contribution in [3.05, 3.63) is 72.9 Å². The van der Waals surface area contributed by atoms with Gasteiger partial charge in [-0.3, -0.25) is 14.4 Å². The number of unbranched alkanes of at least 4 members (excludes halogenated alkanes) is 22. The number of allylic oxidation sites excluding steroid dienone is 12. The van der Waals surface area contributed by atoms with Crippen molar-refractivity contribution in [3.63, 3.8) is 0 Å². The first-order valence-electron chi connectivity index (χ1n) is 25.4. The Hall–Kier alpha value is -3.15. The fraction of sp³-hybridized carbons (Fsp3) is 0.727. The van der Waals surface area contributed by atoms with Gasteiger partial charge < -0.3 is 14.2 Å². The third-order valence-corrected chi connectivity index (χ3v) is 10.7. The molecule has 0 heterocycles. The van der Waals surface area contributed by atoms with E-state index in [-0.39, 0.29) is 37.5 Å². The average Bonchev–Trinajstić information content (AvgIpc) is 3.26. The lowest BCUT2D eigenvalue weighted by atomic mass is 10.0. The number of rotatable bonds is 45. The van der Waals surface area contributed by atoms with Crippen LogP contribution in [-0.2, 0) is 28.6 Å². The van der Waals surface area contributed by atoms with Gasteiger partial charge in [0.15, 0.2) is 6.10 Å². The van der Waals surface area contributed by atoms with Crippen molar-refractivity contribution in [1.29, 1.82) is 0 Å². The van der Waals surface area contributed by atoms with Crippen LogP contribution < -0.4 is 0 Å². The van der Waals surface area contributed by atoms with E-state index in [1.54, 1.807) is 0 Å². The minimum absolute atomic E-state index is 0.0967. The lowest BCUT2D eigenvalue weighted by Crippen LogP contribution is -2.30. The van der Waals surface area contributed by atoms with Gasteiger partial charge >= 0.3 is 17.9 Å². The summed E-state index contributed by atoms with van der Waals surface area (Å²) in [7, 11) is 0. The van der Waals surface area contributed by atoms with Crippen molar-refractivity contribution in [2.45, 2.75) is 245 Å². The molecule has 0 N–H and O–H groups in total. The van der Waals surface area contributed by atoms with E-state index in [0.717, 1.165) is 89.9 Å². The van der Waals surface area contributed by atoms with Crippen LogP contribution in [0.1, 0.15) is 239 Å². The van der Waals surface area contributed by atoms with Crippen molar-refractivity contribution in [2.75, 3.05) is 13.2 Å². The molecule has 0 aromatic rings. The van der Waals surface area contributed by atoms with Crippen LogP contribution in [0.25, 0.3) is 0 Å². The molecule has 0 aliphatic carbocycles. The zero-order valence-electron chi connectivity index (χ0n) is 39.9. The Morgan fingerprint density at radius 3 is 1.07 bits per heavy atom. The largest absolute Gasteiger partial charge is 0.462 e. The summed E-state index contributed by atoms with van der Waals surface area (Å²) in [5.41, 5.74) is 0. The predicted octanol–water partition coefficient (Wildman–Crippen LogP) is 16.6. The SMILES string of the molecule is CC/C=C\C/C=C\C/C=C\CCCCCCCCC(=O)OCC(COC(=O)CCC/C=C\C/C=C\C/C=C\CC)OC(=O)CCCCCCCCCCCCCCCCCC. The number of hydrogen-bond acceptors (Lipinski definition) is 6. The maximum Gasteiger partial charge on any atom is 0.306 e. The van der Waals surface area contributed by atoms with Crippen molar-refractivity contribution < 1.29 is 28.6 Å². The summed E-state index contributed by atoms with van der Waals surface area (Å²) in [6.07, 6.45) is 61.8. The van der Waals surface area contributed by atoms with Gasteiger partial charge in [0.1, 0.15) is 13.2 Å². The van der Waals surface area contributed by atoms with Crippen LogP contribution in [0.15, 0.2) is 72.9 Å². The first-order valence-corrected chi connectivity index (χ1v) is 25.4. The van der Waals surface area contributed by atoms with Crippen molar-refractivity contribution in [1.82, 2.24) is 0 Å². The van der Waals surface area contributed by atoms with Gasteiger partial charge in [0.25, 0.3) is 0 Å². The van der Waals surface area contributed by atoms with E-state index in [1.807, 2.05) is 0 Å². The summed E-state index contributed by atoms with van der Waals surface area (Å²) in [5, 5.41) is 0.